The Morgan fingerprint density at radius 3 is 1.65 bits per heavy atom. The van der Waals surface area contributed by atoms with Crippen LogP contribution in [0.3, 0.4) is 0 Å². The Balaban J connectivity index is 5.72. The average molecular weight is 534 g/mol. The zero-order chi connectivity index (χ0) is 29.0. The lowest BCUT2D eigenvalue weighted by atomic mass is 10.0. The number of carboxylic acids is 3. The van der Waals surface area contributed by atoms with E-state index in [1.807, 2.05) is 10.6 Å². The van der Waals surface area contributed by atoms with Crippen molar-refractivity contribution in [1.82, 2.24) is 21.3 Å². The van der Waals surface area contributed by atoms with Crippen LogP contribution in [0.15, 0.2) is 0 Å². The number of carbonyl (C=O) groups is 7. The molecule has 0 unspecified atom stereocenters. The van der Waals surface area contributed by atoms with Gasteiger partial charge in [-0.25, -0.2) is 0 Å². The first-order chi connectivity index (χ1) is 17.0. The van der Waals surface area contributed by atoms with Crippen LogP contribution in [0.1, 0.15) is 47.0 Å². The summed E-state index contributed by atoms with van der Waals surface area (Å²) in [5.41, 5.74) is 5.75. The van der Waals surface area contributed by atoms with Gasteiger partial charge < -0.3 is 47.4 Å². The predicted octanol–water partition coefficient (Wildman–Crippen LogP) is -3.27. The summed E-state index contributed by atoms with van der Waals surface area (Å²) in [6.07, 6.45) is -3.47. The lowest BCUT2D eigenvalue weighted by Crippen LogP contribution is -2.61. The topological polar surface area (TPSA) is 275 Å². The molecule has 16 nitrogen and oxygen atoms in total. The molecule has 210 valence electrons. The Morgan fingerprint density at radius 2 is 1.22 bits per heavy atom. The molecule has 0 aromatic heterocycles. The van der Waals surface area contributed by atoms with Crippen molar-refractivity contribution in [3.63, 3.8) is 0 Å². The normalized spacial score (nSPS) is 15.8. The molecule has 6 atom stereocenters. The lowest BCUT2D eigenvalue weighted by Gasteiger charge is -2.27. The van der Waals surface area contributed by atoms with Crippen molar-refractivity contribution in [2.75, 3.05) is 0 Å². The Bertz CT molecular complexity index is 877. The van der Waals surface area contributed by atoms with Crippen molar-refractivity contribution in [3.05, 3.63) is 0 Å². The molecule has 10 N–H and O–H groups in total. The van der Waals surface area contributed by atoms with Crippen molar-refractivity contribution in [3.8, 4) is 0 Å². The lowest BCUT2D eigenvalue weighted by molar-refractivity contribution is -0.143. The van der Waals surface area contributed by atoms with Crippen LogP contribution >= 0.6 is 0 Å². The molecule has 0 saturated carbocycles. The summed E-state index contributed by atoms with van der Waals surface area (Å²) in [7, 11) is 0. The SMILES string of the molecule is CC(C)[C@H](N)C(=O)N[C@@H](CCC(=O)O)C(=O)N[C@H](C(=O)N[C@@H](CC(=O)O)C(=O)N[C@@H](C)C(=O)O)[C@@H](C)O. The second kappa shape index (κ2) is 15.4. The zero-order valence-corrected chi connectivity index (χ0v) is 20.9. The molecule has 0 heterocycles. The van der Waals surface area contributed by atoms with Gasteiger partial charge in [-0.1, -0.05) is 13.8 Å². The van der Waals surface area contributed by atoms with Crippen LogP contribution in [0.4, 0.5) is 0 Å². The highest BCUT2D eigenvalue weighted by Crippen LogP contribution is 2.05. The molecule has 0 saturated heterocycles. The second-order valence-electron chi connectivity index (χ2n) is 8.72. The largest absolute Gasteiger partial charge is 0.481 e. The summed E-state index contributed by atoms with van der Waals surface area (Å²) in [5, 5.41) is 45.5. The van der Waals surface area contributed by atoms with E-state index in [1.165, 1.54) is 0 Å². The van der Waals surface area contributed by atoms with Crippen LogP contribution in [-0.4, -0.2) is 98.3 Å². The van der Waals surface area contributed by atoms with Crippen molar-refractivity contribution in [1.29, 1.82) is 0 Å². The molecule has 37 heavy (non-hydrogen) atoms. The van der Waals surface area contributed by atoms with Gasteiger partial charge in [-0.3, -0.25) is 33.6 Å². The number of carboxylic acid groups (broad SMARTS) is 3. The first kappa shape index (κ1) is 33.2. The summed E-state index contributed by atoms with van der Waals surface area (Å²) < 4.78 is 0. The molecule has 0 aliphatic rings. The van der Waals surface area contributed by atoms with Crippen LogP contribution in [0.25, 0.3) is 0 Å². The number of aliphatic hydroxyl groups is 1. The van der Waals surface area contributed by atoms with Gasteiger partial charge in [-0.2, -0.15) is 0 Å². The first-order valence-corrected chi connectivity index (χ1v) is 11.3. The highest BCUT2D eigenvalue weighted by atomic mass is 16.4. The van der Waals surface area contributed by atoms with E-state index in [9.17, 15) is 38.7 Å². The second-order valence-corrected chi connectivity index (χ2v) is 8.72. The number of amides is 4. The predicted molar refractivity (Wildman–Crippen MR) is 125 cm³/mol. The van der Waals surface area contributed by atoms with Crippen molar-refractivity contribution >= 4 is 41.5 Å². The molecule has 0 rings (SSSR count). The van der Waals surface area contributed by atoms with Crippen LogP contribution in [-0.2, 0) is 33.6 Å². The van der Waals surface area contributed by atoms with E-state index < -0.39 is 90.7 Å². The van der Waals surface area contributed by atoms with Crippen LogP contribution in [0.5, 0.6) is 0 Å². The Kier molecular flexibility index (Phi) is 13.8. The Morgan fingerprint density at radius 1 is 0.703 bits per heavy atom. The summed E-state index contributed by atoms with van der Waals surface area (Å²) >= 11 is 0. The minimum Gasteiger partial charge on any atom is -0.481 e. The number of carbonyl (C=O) groups excluding carboxylic acids is 4. The van der Waals surface area contributed by atoms with Gasteiger partial charge in [0.1, 0.15) is 24.2 Å². The summed E-state index contributed by atoms with van der Waals surface area (Å²) in [6.45, 7) is 5.49. The van der Waals surface area contributed by atoms with Crippen molar-refractivity contribution in [2.24, 2.45) is 11.7 Å². The van der Waals surface area contributed by atoms with Crippen LogP contribution in [0.2, 0.25) is 0 Å². The number of nitrogens with two attached hydrogens (primary N) is 1. The van der Waals surface area contributed by atoms with Gasteiger partial charge in [0.25, 0.3) is 0 Å². The van der Waals surface area contributed by atoms with E-state index in [-0.39, 0.29) is 12.3 Å². The number of aliphatic hydroxyl groups excluding tert-OH is 1. The molecule has 16 heteroatoms. The van der Waals surface area contributed by atoms with Gasteiger partial charge in [0.05, 0.1) is 18.6 Å². The fraction of sp³-hybridized carbons (Fsp3) is 0.667. The highest BCUT2D eigenvalue weighted by Gasteiger charge is 2.34. The van der Waals surface area contributed by atoms with Crippen LogP contribution in [0, 0.1) is 5.92 Å². The minimum atomic E-state index is -1.77. The fourth-order valence-corrected chi connectivity index (χ4v) is 2.79. The zero-order valence-electron chi connectivity index (χ0n) is 20.9. The fourth-order valence-electron chi connectivity index (χ4n) is 2.79. The molecule has 0 aliphatic heterocycles. The van der Waals surface area contributed by atoms with E-state index in [0.717, 1.165) is 13.8 Å². The highest BCUT2D eigenvalue weighted by molar-refractivity contribution is 5.96. The number of rotatable bonds is 16. The van der Waals surface area contributed by atoms with E-state index in [0.29, 0.717) is 0 Å². The molecule has 0 bridgehead atoms. The van der Waals surface area contributed by atoms with Crippen molar-refractivity contribution < 1.29 is 54.0 Å². The molecule has 0 aliphatic carbocycles. The van der Waals surface area contributed by atoms with Gasteiger partial charge in [-0.05, 0) is 26.2 Å². The number of hydrogen-bond donors (Lipinski definition) is 9. The number of aliphatic carboxylic acids is 3. The van der Waals surface area contributed by atoms with E-state index in [1.54, 1.807) is 13.8 Å². The molecule has 0 fully saturated rings. The minimum absolute atomic E-state index is 0.319. The number of nitrogens with one attached hydrogen (secondary N) is 4. The molecular weight excluding hydrogens is 498 g/mol. The van der Waals surface area contributed by atoms with Crippen molar-refractivity contribution in [2.45, 2.75) is 83.3 Å². The third-order valence-electron chi connectivity index (χ3n) is 5.10. The van der Waals surface area contributed by atoms with E-state index in [2.05, 4.69) is 10.6 Å². The first-order valence-electron chi connectivity index (χ1n) is 11.3. The average Bonchev–Trinajstić information content (AvgIpc) is 2.77. The maximum Gasteiger partial charge on any atom is 0.325 e. The Hall–Kier alpha value is -3.79. The molecule has 0 spiro atoms. The van der Waals surface area contributed by atoms with E-state index in [4.69, 9.17) is 21.1 Å². The summed E-state index contributed by atoms with van der Waals surface area (Å²) in [5.74, 6) is -8.68. The van der Waals surface area contributed by atoms with Gasteiger partial charge >= 0.3 is 17.9 Å². The molecule has 0 radical (unpaired) electrons. The standard InChI is InChI=1S/C21H35N5O11/c1-8(2)15(22)19(34)24-11(5-6-13(28)29)17(32)26-16(10(4)27)20(35)25-12(7-14(30)31)18(33)23-9(3)21(36)37/h8-12,15-16,27H,5-7,22H2,1-4H3,(H,23,33)(H,24,34)(H,25,35)(H,26,32)(H,28,29)(H,30,31)(H,36,37)/t9-,10+,11-,12-,15-,16-/m0/s1. The molecular formula is C21H35N5O11. The Labute approximate surface area is 212 Å². The van der Waals surface area contributed by atoms with Gasteiger partial charge in [0, 0.05) is 6.42 Å². The molecule has 4 amide bonds. The number of hydrogen-bond acceptors (Lipinski definition) is 9. The maximum atomic E-state index is 12.8. The van der Waals surface area contributed by atoms with Gasteiger partial charge in [0.2, 0.25) is 23.6 Å². The molecule has 0 aromatic rings. The monoisotopic (exact) mass is 533 g/mol. The smallest absolute Gasteiger partial charge is 0.325 e. The molecule has 0 aromatic carbocycles. The van der Waals surface area contributed by atoms with Gasteiger partial charge in [0.15, 0.2) is 0 Å². The summed E-state index contributed by atoms with van der Waals surface area (Å²) in [6, 6.07) is -7.44. The van der Waals surface area contributed by atoms with E-state index >= 15 is 0 Å². The third-order valence-corrected chi connectivity index (χ3v) is 5.10. The van der Waals surface area contributed by atoms with Gasteiger partial charge in [-0.15, -0.1) is 0 Å². The third kappa shape index (κ3) is 12.1. The summed E-state index contributed by atoms with van der Waals surface area (Å²) in [4.78, 5) is 83.4. The quantitative estimate of drug-likeness (QED) is 0.0945. The van der Waals surface area contributed by atoms with Crippen LogP contribution < -0.4 is 27.0 Å². The maximum absolute atomic E-state index is 12.8.